The summed E-state index contributed by atoms with van der Waals surface area (Å²) >= 11 is 0. The van der Waals surface area contributed by atoms with Gasteiger partial charge < -0.3 is 14.6 Å². The average molecular weight is 218 g/mol. The first-order valence-electron chi connectivity index (χ1n) is 6.07. The van der Waals surface area contributed by atoms with Crippen LogP contribution in [0, 0.1) is 5.92 Å². The highest BCUT2D eigenvalue weighted by molar-refractivity contribution is 4.51. The maximum Gasteiger partial charge on any atom is 0.0701 e. The average Bonchev–Trinajstić information content (AvgIpc) is 2.22. The summed E-state index contributed by atoms with van der Waals surface area (Å²) in [5.41, 5.74) is 0. The van der Waals surface area contributed by atoms with E-state index < -0.39 is 0 Å². The van der Waals surface area contributed by atoms with Crippen LogP contribution in [0.4, 0.5) is 0 Å². The molecule has 0 heterocycles. The lowest BCUT2D eigenvalue weighted by Gasteiger charge is -2.09. The minimum absolute atomic E-state index is 0.0918. The summed E-state index contributed by atoms with van der Waals surface area (Å²) in [6.07, 6.45) is 4.99. The van der Waals surface area contributed by atoms with Crippen LogP contribution in [0.1, 0.15) is 39.5 Å². The number of aliphatic hydroxyl groups excluding tert-OH is 1. The lowest BCUT2D eigenvalue weighted by atomic mass is 10.0. The Morgan fingerprint density at radius 3 is 2.27 bits per heavy atom. The van der Waals surface area contributed by atoms with Crippen molar-refractivity contribution in [2.45, 2.75) is 39.5 Å². The second-order valence-corrected chi connectivity index (χ2v) is 3.98. The fourth-order valence-corrected chi connectivity index (χ4v) is 1.56. The Balaban J connectivity index is 2.98. The van der Waals surface area contributed by atoms with Gasteiger partial charge in [-0.05, 0) is 18.8 Å². The first-order valence-corrected chi connectivity index (χ1v) is 6.07. The summed E-state index contributed by atoms with van der Waals surface area (Å²) in [7, 11) is 0. The summed E-state index contributed by atoms with van der Waals surface area (Å²) in [6.45, 7) is 7.09. The molecule has 1 unspecified atom stereocenters. The number of ether oxygens (including phenoxy) is 2. The molecule has 0 rings (SSSR count). The molecular weight excluding hydrogens is 192 g/mol. The van der Waals surface area contributed by atoms with E-state index in [0.717, 1.165) is 18.9 Å². The smallest absolute Gasteiger partial charge is 0.0701 e. The van der Waals surface area contributed by atoms with E-state index >= 15 is 0 Å². The molecule has 0 spiro atoms. The van der Waals surface area contributed by atoms with E-state index in [4.69, 9.17) is 14.6 Å². The fourth-order valence-electron chi connectivity index (χ4n) is 1.56. The molecule has 0 saturated heterocycles. The van der Waals surface area contributed by atoms with Gasteiger partial charge in [-0.15, -0.1) is 0 Å². The monoisotopic (exact) mass is 218 g/mol. The second kappa shape index (κ2) is 12.0. The summed E-state index contributed by atoms with van der Waals surface area (Å²) < 4.78 is 10.5. The van der Waals surface area contributed by atoms with Gasteiger partial charge in [-0.1, -0.05) is 26.7 Å². The fraction of sp³-hybridized carbons (Fsp3) is 1.00. The molecule has 1 N–H and O–H groups in total. The maximum atomic E-state index is 8.45. The standard InChI is InChI=1S/C12H26O3/c1-3-5-12(2)6-4-8-14-10-11-15-9-7-13/h12-13H,3-11H2,1-2H3. The van der Waals surface area contributed by atoms with Crippen LogP contribution in [-0.2, 0) is 9.47 Å². The van der Waals surface area contributed by atoms with Crippen molar-refractivity contribution in [2.24, 2.45) is 5.92 Å². The van der Waals surface area contributed by atoms with Gasteiger partial charge in [0.2, 0.25) is 0 Å². The Kier molecular flexibility index (Phi) is 11.9. The molecule has 0 aromatic carbocycles. The molecule has 0 amide bonds. The summed E-state index contributed by atoms with van der Waals surface area (Å²) in [5, 5.41) is 8.45. The van der Waals surface area contributed by atoms with Crippen molar-refractivity contribution < 1.29 is 14.6 Å². The number of rotatable bonds is 11. The first kappa shape index (κ1) is 14.9. The Hall–Kier alpha value is -0.120. The van der Waals surface area contributed by atoms with Gasteiger partial charge in [-0.2, -0.15) is 0 Å². The predicted octanol–water partition coefficient (Wildman–Crippen LogP) is 2.23. The van der Waals surface area contributed by atoms with Crippen LogP contribution in [0.25, 0.3) is 0 Å². The molecule has 15 heavy (non-hydrogen) atoms. The molecule has 0 bridgehead atoms. The summed E-state index contributed by atoms with van der Waals surface area (Å²) in [6, 6.07) is 0. The maximum absolute atomic E-state index is 8.45. The first-order chi connectivity index (χ1) is 7.31. The van der Waals surface area contributed by atoms with Gasteiger partial charge in [0.15, 0.2) is 0 Å². The molecule has 92 valence electrons. The van der Waals surface area contributed by atoms with E-state index in [-0.39, 0.29) is 6.61 Å². The zero-order chi connectivity index (χ0) is 11.4. The minimum Gasteiger partial charge on any atom is -0.394 e. The molecule has 0 aromatic heterocycles. The van der Waals surface area contributed by atoms with E-state index in [1.54, 1.807) is 0 Å². The molecule has 0 saturated carbocycles. The van der Waals surface area contributed by atoms with Gasteiger partial charge in [0.25, 0.3) is 0 Å². The normalized spacial score (nSPS) is 13.0. The van der Waals surface area contributed by atoms with Crippen LogP contribution in [-0.4, -0.2) is 38.1 Å². The minimum atomic E-state index is 0.0918. The molecule has 0 radical (unpaired) electrons. The van der Waals surface area contributed by atoms with Gasteiger partial charge in [0, 0.05) is 6.61 Å². The lowest BCUT2D eigenvalue weighted by molar-refractivity contribution is 0.0314. The van der Waals surface area contributed by atoms with Gasteiger partial charge in [-0.25, -0.2) is 0 Å². The van der Waals surface area contributed by atoms with Gasteiger partial charge in [0.1, 0.15) is 0 Å². The van der Waals surface area contributed by atoms with E-state index in [1.165, 1.54) is 19.3 Å². The molecule has 3 heteroatoms. The Labute approximate surface area is 93.8 Å². The van der Waals surface area contributed by atoms with E-state index in [0.29, 0.717) is 19.8 Å². The van der Waals surface area contributed by atoms with E-state index in [9.17, 15) is 0 Å². The highest BCUT2D eigenvalue weighted by Gasteiger charge is 1.99. The van der Waals surface area contributed by atoms with Crippen LogP contribution >= 0.6 is 0 Å². The van der Waals surface area contributed by atoms with Crippen LogP contribution < -0.4 is 0 Å². The summed E-state index contributed by atoms with van der Waals surface area (Å²) in [5.74, 6) is 0.823. The molecule has 3 nitrogen and oxygen atoms in total. The van der Waals surface area contributed by atoms with Gasteiger partial charge >= 0.3 is 0 Å². The van der Waals surface area contributed by atoms with Gasteiger partial charge in [-0.3, -0.25) is 0 Å². The number of hydrogen-bond donors (Lipinski definition) is 1. The van der Waals surface area contributed by atoms with Crippen molar-refractivity contribution in [3.63, 3.8) is 0 Å². The predicted molar refractivity (Wildman–Crippen MR) is 62.0 cm³/mol. The highest BCUT2D eigenvalue weighted by atomic mass is 16.5. The quantitative estimate of drug-likeness (QED) is 0.540. The number of aliphatic hydroxyl groups is 1. The topological polar surface area (TPSA) is 38.7 Å². The van der Waals surface area contributed by atoms with Crippen molar-refractivity contribution in [3.8, 4) is 0 Å². The molecule has 0 fully saturated rings. The zero-order valence-corrected chi connectivity index (χ0v) is 10.2. The third-order valence-corrected chi connectivity index (χ3v) is 2.37. The van der Waals surface area contributed by atoms with Crippen LogP contribution in [0.5, 0.6) is 0 Å². The van der Waals surface area contributed by atoms with Crippen LogP contribution in [0.2, 0.25) is 0 Å². The highest BCUT2D eigenvalue weighted by Crippen LogP contribution is 2.11. The molecule has 1 atom stereocenters. The molecule has 0 aliphatic carbocycles. The van der Waals surface area contributed by atoms with Crippen molar-refractivity contribution in [1.29, 1.82) is 0 Å². The SMILES string of the molecule is CCCC(C)CCCOCCOCCO. The van der Waals surface area contributed by atoms with Crippen molar-refractivity contribution in [3.05, 3.63) is 0 Å². The van der Waals surface area contributed by atoms with Crippen LogP contribution in [0.3, 0.4) is 0 Å². The lowest BCUT2D eigenvalue weighted by Crippen LogP contribution is -2.08. The molecule has 0 aliphatic heterocycles. The van der Waals surface area contributed by atoms with Gasteiger partial charge in [0.05, 0.1) is 26.4 Å². The van der Waals surface area contributed by atoms with Crippen molar-refractivity contribution in [2.75, 3.05) is 33.0 Å². The second-order valence-electron chi connectivity index (χ2n) is 3.98. The molecular formula is C12H26O3. The molecule has 0 aromatic rings. The third-order valence-electron chi connectivity index (χ3n) is 2.37. The summed E-state index contributed by atoms with van der Waals surface area (Å²) in [4.78, 5) is 0. The Bertz CT molecular complexity index is 117. The number of hydrogen-bond acceptors (Lipinski definition) is 3. The zero-order valence-electron chi connectivity index (χ0n) is 10.2. The van der Waals surface area contributed by atoms with E-state index in [2.05, 4.69) is 13.8 Å². The van der Waals surface area contributed by atoms with E-state index in [1.807, 2.05) is 0 Å². The van der Waals surface area contributed by atoms with Crippen molar-refractivity contribution in [1.82, 2.24) is 0 Å². The largest absolute Gasteiger partial charge is 0.394 e. The van der Waals surface area contributed by atoms with Crippen molar-refractivity contribution >= 4 is 0 Å². The van der Waals surface area contributed by atoms with Crippen LogP contribution in [0.15, 0.2) is 0 Å². The molecule has 0 aliphatic rings. The Morgan fingerprint density at radius 1 is 1.00 bits per heavy atom. The Morgan fingerprint density at radius 2 is 1.67 bits per heavy atom. The third kappa shape index (κ3) is 11.8.